The summed E-state index contributed by atoms with van der Waals surface area (Å²) in [6.45, 7) is 3.82. The largest absolute Gasteiger partial charge is 0.493 e. The predicted octanol–water partition coefficient (Wildman–Crippen LogP) is 3.15. The van der Waals surface area contributed by atoms with Crippen molar-refractivity contribution in [1.29, 1.82) is 0 Å². The molecule has 0 amide bonds. The fourth-order valence-electron chi connectivity index (χ4n) is 3.23. The summed E-state index contributed by atoms with van der Waals surface area (Å²) in [5.74, 6) is 1.26. The zero-order valence-electron chi connectivity index (χ0n) is 17.4. The third-order valence-electron chi connectivity index (χ3n) is 4.65. The van der Waals surface area contributed by atoms with Crippen molar-refractivity contribution in [1.82, 2.24) is 9.29 Å². The van der Waals surface area contributed by atoms with E-state index in [0.717, 1.165) is 16.9 Å². The topological polar surface area (TPSA) is 95.9 Å². The Morgan fingerprint density at radius 1 is 1.03 bits per heavy atom. The van der Waals surface area contributed by atoms with Crippen molar-refractivity contribution in [2.24, 2.45) is 0 Å². The molecule has 1 N–H and O–H groups in total. The Labute approximate surface area is 179 Å². The first kappa shape index (κ1) is 22.1. The summed E-state index contributed by atoms with van der Waals surface area (Å²) in [4.78, 5) is 12.2. The molecule has 8 nitrogen and oxygen atoms in total. The highest BCUT2D eigenvalue weighted by atomic mass is 32.2. The number of nitrogens with zero attached hydrogens (tertiary/aromatic N) is 1. The van der Waals surface area contributed by atoms with Crippen molar-refractivity contribution >= 4 is 31.6 Å². The van der Waals surface area contributed by atoms with Crippen molar-refractivity contribution in [3.63, 3.8) is 0 Å². The maximum Gasteiger partial charge on any atom is 0.308 e. The quantitative estimate of drug-likeness (QED) is 0.564. The van der Waals surface area contributed by atoms with Crippen molar-refractivity contribution in [3.05, 3.63) is 45.6 Å². The van der Waals surface area contributed by atoms with Gasteiger partial charge in [0.2, 0.25) is 15.8 Å². The molecule has 3 aromatic rings. The van der Waals surface area contributed by atoms with Gasteiger partial charge in [-0.1, -0.05) is 17.4 Å². The molecule has 0 fully saturated rings. The van der Waals surface area contributed by atoms with Crippen molar-refractivity contribution < 1.29 is 22.6 Å². The number of methoxy groups -OCH3 is 3. The number of sulfonamides is 1. The number of ether oxygens (including phenoxy) is 3. The lowest BCUT2D eigenvalue weighted by molar-refractivity contribution is 0.322. The van der Waals surface area contributed by atoms with E-state index in [-0.39, 0.29) is 22.4 Å². The Bertz CT molecular complexity index is 1230. The van der Waals surface area contributed by atoms with Crippen molar-refractivity contribution in [2.45, 2.75) is 31.3 Å². The van der Waals surface area contributed by atoms with Crippen molar-refractivity contribution in [3.8, 4) is 17.2 Å². The summed E-state index contributed by atoms with van der Waals surface area (Å²) in [5.41, 5.74) is 1.32. The first-order valence-electron chi connectivity index (χ1n) is 9.16. The fraction of sp³-hybridized carbons (Fsp3) is 0.350. The molecular formula is C20H24N2O6S2. The van der Waals surface area contributed by atoms with E-state index in [1.807, 2.05) is 13.8 Å². The zero-order valence-corrected chi connectivity index (χ0v) is 19.0. The molecule has 0 aliphatic rings. The average Bonchev–Trinajstić information content (AvgIpc) is 3.06. The van der Waals surface area contributed by atoms with Gasteiger partial charge < -0.3 is 14.2 Å². The van der Waals surface area contributed by atoms with Crippen LogP contribution in [0.4, 0.5) is 0 Å². The minimum absolute atomic E-state index is 0.00681. The number of hydrogen-bond acceptors (Lipinski definition) is 7. The Morgan fingerprint density at radius 3 is 2.33 bits per heavy atom. The molecule has 0 aliphatic carbocycles. The number of hydrogen-bond donors (Lipinski definition) is 1. The van der Waals surface area contributed by atoms with Crippen LogP contribution in [0.25, 0.3) is 10.2 Å². The van der Waals surface area contributed by atoms with Gasteiger partial charge >= 0.3 is 4.87 Å². The number of rotatable bonds is 8. The molecule has 0 saturated heterocycles. The number of aromatic nitrogens is 1. The van der Waals surface area contributed by atoms with Gasteiger partial charge in [-0.05, 0) is 38.1 Å². The van der Waals surface area contributed by atoms with E-state index in [0.29, 0.717) is 27.5 Å². The molecule has 2 aromatic carbocycles. The van der Waals surface area contributed by atoms with Gasteiger partial charge in [-0.2, -0.15) is 0 Å². The third kappa shape index (κ3) is 4.03. The zero-order chi connectivity index (χ0) is 22.1. The molecule has 10 heteroatoms. The maximum absolute atomic E-state index is 12.9. The smallest absolute Gasteiger partial charge is 0.308 e. The van der Waals surface area contributed by atoms with E-state index in [2.05, 4.69) is 4.72 Å². The first-order valence-corrected chi connectivity index (χ1v) is 11.5. The second-order valence-corrected chi connectivity index (χ2v) is 9.54. The van der Waals surface area contributed by atoms with Crippen LogP contribution in [0.2, 0.25) is 0 Å². The van der Waals surface area contributed by atoms with E-state index in [1.54, 1.807) is 22.8 Å². The lowest BCUT2D eigenvalue weighted by atomic mass is 10.1. The standard InChI is InChI=1S/C20H24N2O6S2/c1-12(2)22-15-8-7-14(10-17(15)29-20(22)23)30(24,25)21-11-13-6-9-16(26-3)19(28-5)18(13)27-4/h6-10,12,21H,11H2,1-5H3. The molecule has 0 saturated carbocycles. The van der Waals surface area contributed by atoms with Gasteiger partial charge in [0.1, 0.15) is 0 Å². The van der Waals surface area contributed by atoms with Gasteiger partial charge in [0.05, 0.1) is 36.4 Å². The highest BCUT2D eigenvalue weighted by Gasteiger charge is 2.20. The molecule has 0 bridgehead atoms. The predicted molar refractivity (Wildman–Crippen MR) is 117 cm³/mol. The van der Waals surface area contributed by atoms with Crippen LogP contribution in [0.5, 0.6) is 17.2 Å². The van der Waals surface area contributed by atoms with Gasteiger partial charge in [-0.3, -0.25) is 9.36 Å². The van der Waals surface area contributed by atoms with E-state index in [4.69, 9.17) is 14.2 Å². The van der Waals surface area contributed by atoms with Crippen LogP contribution in [0.1, 0.15) is 25.5 Å². The number of fused-ring (bicyclic) bond motifs is 1. The van der Waals surface area contributed by atoms with Crippen LogP contribution in [0.15, 0.2) is 40.0 Å². The molecule has 0 atom stereocenters. The van der Waals surface area contributed by atoms with Crippen LogP contribution < -0.4 is 23.8 Å². The summed E-state index contributed by atoms with van der Waals surface area (Å²) < 4.78 is 46.6. The summed E-state index contributed by atoms with van der Waals surface area (Å²) in [6.07, 6.45) is 0. The Balaban J connectivity index is 1.92. The molecule has 0 aliphatic heterocycles. The lowest BCUT2D eigenvalue weighted by Gasteiger charge is -2.16. The molecule has 162 valence electrons. The number of thiazole rings is 1. The molecule has 1 heterocycles. The molecule has 0 unspecified atom stereocenters. The van der Waals surface area contributed by atoms with Crippen LogP contribution >= 0.6 is 11.3 Å². The molecule has 0 spiro atoms. The van der Waals surface area contributed by atoms with E-state index in [9.17, 15) is 13.2 Å². The minimum Gasteiger partial charge on any atom is -0.493 e. The number of benzene rings is 2. The second-order valence-electron chi connectivity index (χ2n) is 6.78. The average molecular weight is 453 g/mol. The third-order valence-corrected chi connectivity index (χ3v) is 6.97. The van der Waals surface area contributed by atoms with Crippen LogP contribution in [0.3, 0.4) is 0 Å². The highest BCUT2D eigenvalue weighted by Crippen LogP contribution is 2.39. The second kappa shape index (κ2) is 8.66. The summed E-state index contributed by atoms with van der Waals surface area (Å²) >= 11 is 1.03. The molecule has 0 radical (unpaired) electrons. The van der Waals surface area contributed by atoms with Gasteiger partial charge in [0, 0.05) is 18.2 Å². The molecule has 3 rings (SSSR count). The van der Waals surface area contributed by atoms with E-state index >= 15 is 0 Å². The van der Waals surface area contributed by atoms with Gasteiger partial charge in [-0.25, -0.2) is 13.1 Å². The van der Waals surface area contributed by atoms with Crippen LogP contribution in [-0.4, -0.2) is 34.3 Å². The Morgan fingerprint density at radius 2 is 1.73 bits per heavy atom. The summed E-state index contributed by atoms with van der Waals surface area (Å²) in [7, 11) is 0.655. The normalized spacial score (nSPS) is 11.8. The Hall–Kier alpha value is -2.56. The fourth-order valence-corrected chi connectivity index (χ4v) is 5.39. The summed E-state index contributed by atoms with van der Waals surface area (Å²) in [6, 6.07) is 8.07. The lowest BCUT2D eigenvalue weighted by Crippen LogP contribution is -2.23. The Kier molecular flexibility index (Phi) is 6.39. The van der Waals surface area contributed by atoms with Crippen molar-refractivity contribution in [2.75, 3.05) is 21.3 Å². The number of nitrogens with one attached hydrogen (secondary N) is 1. The SMILES string of the molecule is COc1ccc(CNS(=O)(=O)c2ccc3c(c2)sc(=O)n3C(C)C)c(OC)c1OC. The van der Waals surface area contributed by atoms with Gasteiger partial charge in [0.15, 0.2) is 11.5 Å². The van der Waals surface area contributed by atoms with Gasteiger partial charge in [0.25, 0.3) is 0 Å². The minimum atomic E-state index is -3.82. The summed E-state index contributed by atoms with van der Waals surface area (Å²) in [5, 5.41) is 0. The van der Waals surface area contributed by atoms with E-state index in [1.165, 1.54) is 33.5 Å². The van der Waals surface area contributed by atoms with Crippen LogP contribution in [0, 0.1) is 0 Å². The van der Waals surface area contributed by atoms with Gasteiger partial charge in [-0.15, -0.1) is 0 Å². The molecule has 30 heavy (non-hydrogen) atoms. The first-order chi connectivity index (χ1) is 14.2. The maximum atomic E-state index is 12.9. The monoisotopic (exact) mass is 452 g/mol. The van der Waals surface area contributed by atoms with E-state index < -0.39 is 10.0 Å². The molecule has 1 aromatic heterocycles. The highest BCUT2D eigenvalue weighted by molar-refractivity contribution is 7.89. The van der Waals surface area contributed by atoms with Crippen LogP contribution in [-0.2, 0) is 16.6 Å². The molecular weight excluding hydrogens is 428 g/mol.